The second-order valence-electron chi connectivity index (χ2n) is 10.8. The van der Waals surface area contributed by atoms with Crippen molar-refractivity contribution in [3.63, 3.8) is 0 Å². The van der Waals surface area contributed by atoms with Gasteiger partial charge < -0.3 is 9.64 Å². The predicted octanol–water partition coefficient (Wildman–Crippen LogP) is 4.56. The fourth-order valence-corrected chi connectivity index (χ4v) is 5.98. The van der Waals surface area contributed by atoms with E-state index in [0.717, 1.165) is 16.9 Å². The van der Waals surface area contributed by atoms with Crippen molar-refractivity contribution in [2.45, 2.75) is 37.6 Å². The molecule has 3 aromatic carbocycles. The molecule has 0 atom stereocenters. The molecule has 0 spiro atoms. The van der Waals surface area contributed by atoms with Crippen LogP contribution in [-0.2, 0) is 22.0 Å². The lowest BCUT2D eigenvalue weighted by molar-refractivity contribution is 0.0692. The van der Waals surface area contributed by atoms with Gasteiger partial charge in [0.05, 0.1) is 17.6 Å². The number of rotatable bonds is 7. The Kier molecular flexibility index (Phi) is 7.73. The first-order valence-corrected chi connectivity index (χ1v) is 14.7. The minimum atomic E-state index is -3.64. The van der Waals surface area contributed by atoms with Crippen molar-refractivity contribution in [1.29, 1.82) is 0 Å². The molecule has 5 rings (SSSR count). The molecule has 40 heavy (non-hydrogen) atoms. The number of aromatic nitrogens is 3. The van der Waals surface area contributed by atoms with Crippen molar-refractivity contribution in [3.8, 4) is 11.5 Å². The topological polar surface area (TPSA) is 97.6 Å². The molecular formula is C30H33N5O4S. The molecule has 0 saturated carbocycles. The molecule has 2 heterocycles. The van der Waals surface area contributed by atoms with Crippen LogP contribution >= 0.6 is 0 Å². The van der Waals surface area contributed by atoms with E-state index >= 15 is 0 Å². The fourth-order valence-electron chi connectivity index (χ4n) is 4.56. The van der Waals surface area contributed by atoms with Crippen molar-refractivity contribution in [3.05, 3.63) is 102 Å². The summed E-state index contributed by atoms with van der Waals surface area (Å²) in [5, 5.41) is 8.21. The van der Waals surface area contributed by atoms with Gasteiger partial charge in [0, 0.05) is 26.2 Å². The van der Waals surface area contributed by atoms with Gasteiger partial charge in [0.25, 0.3) is 5.91 Å². The van der Waals surface area contributed by atoms with E-state index in [1.807, 2.05) is 66.7 Å². The van der Waals surface area contributed by atoms with Crippen LogP contribution in [0.2, 0.25) is 0 Å². The van der Waals surface area contributed by atoms with E-state index < -0.39 is 10.0 Å². The number of piperazine rings is 1. The maximum absolute atomic E-state index is 13.2. The quantitative estimate of drug-likeness (QED) is 0.329. The van der Waals surface area contributed by atoms with Crippen LogP contribution in [0.3, 0.4) is 0 Å². The third-order valence-corrected chi connectivity index (χ3v) is 8.78. The lowest BCUT2D eigenvalue weighted by atomic mass is 9.87. The van der Waals surface area contributed by atoms with Crippen LogP contribution < -0.4 is 4.74 Å². The van der Waals surface area contributed by atoms with Gasteiger partial charge in [0.2, 0.25) is 10.0 Å². The average Bonchev–Trinajstić information content (AvgIpc) is 3.41. The van der Waals surface area contributed by atoms with E-state index in [1.165, 1.54) is 4.31 Å². The number of amides is 1. The molecule has 1 aliphatic heterocycles. The first kappa shape index (κ1) is 27.5. The van der Waals surface area contributed by atoms with Gasteiger partial charge in [-0.05, 0) is 52.9 Å². The number of carbonyl (C=O) groups excluding carboxylic acids is 1. The Labute approximate surface area is 235 Å². The van der Waals surface area contributed by atoms with Gasteiger partial charge in [-0.1, -0.05) is 68.4 Å². The maximum Gasteiger partial charge on any atom is 0.276 e. The van der Waals surface area contributed by atoms with Crippen LogP contribution in [-0.4, -0.2) is 64.7 Å². The van der Waals surface area contributed by atoms with E-state index in [2.05, 4.69) is 31.1 Å². The summed E-state index contributed by atoms with van der Waals surface area (Å²) >= 11 is 0. The number of benzene rings is 3. The summed E-state index contributed by atoms with van der Waals surface area (Å²) in [7, 11) is -3.64. The Morgan fingerprint density at radius 1 is 0.875 bits per heavy atom. The Balaban J connectivity index is 1.18. The summed E-state index contributed by atoms with van der Waals surface area (Å²) in [5.74, 6) is 1.19. The minimum absolute atomic E-state index is 0.0586. The molecule has 208 valence electrons. The van der Waals surface area contributed by atoms with Crippen molar-refractivity contribution in [1.82, 2.24) is 24.2 Å². The van der Waals surface area contributed by atoms with Gasteiger partial charge in [-0.3, -0.25) is 4.79 Å². The number of carbonyl (C=O) groups is 1. The summed E-state index contributed by atoms with van der Waals surface area (Å²) in [6.45, 7) is 7.69. The lowest BCUT2D eigenvalue weighted by Gasteiger charge is -2.33. The third kappa shape index (κ3) is 6.24. The molecule has 1 saturated heterocycles. The number of para-hydroxylation sites is 1. The Morgan fingerprint density at radius 3 is 2.23 bits per heavy atom. The summed E-state index contributed by atoms with van der Waals surface area (Å²) in [4.78, 5) is 15.0. The molecule has 0 N–H and O–H groups in total. The normalized spacial score (nSPS) is 14.7. The highest BCUT2D eigenvalue weighted by atomic mass is 32.2. The summed E-state index contributed by atoms with van der Waals surface area (Å²) in [6.07, 6.45) is 1.62. The molecule has 1 aromatic heterocycles. The molecule has 1 aliphatic rings. The van der Waals surface area contributed by atoms with Crippen LogP contribution in [0.15, 0.2) is 90.0 Å². The van der Waals surface area contributed by atoms with Gasteiger partial charge in [-0.25, -0.2) is 13.1 Å². The minimum Gasteiger partial charge on any atom is -0.457 e. The van der Waals surface area contributed by atoms with Gasteiger partial charge in [-0.2, -0.15) is 4.31 Å². The number of ether oxygens (including phenoxy) is 1. The number of hydrogen-bond acceptors (Lipinski definition) is 6. The predicted molar refractivity (Wildman–Crippen MR) is 152 cm³/mol. The molecule has 0 unspecified atom stereocenters. The monoisotopic (exact) mass is 559 g/mol. The summed E-state index contributed by atoms with van der Waals surface area (Å²) in [6, 6.07) is 24.3. The van der Waals surface area contributed by atoms with Crippen LogP contribution in [0.25, 0.3) is 0 Å². The van der Waals surface area contributed by atoms with Crippen molar-refractivity contribution < 1.29 is 17.9 Å². The van der Waals surface area contributed by atoms with E-state index in [9.17, 15) is 13.2 Å². The van der Waals surface area contributed by atoms with Gasteiger partial charge in [-0.15, -0.1) is 5.10 Å². The highest BCUT2D eigenvalue weighted by molar-refractivity contribution is 7.89. The zero-order valence-corrected chi connectivity index (χ0v) is 23.7. The summed E-state index contributed by atoms with van der Waals surface area (Å²) < 4.78 is 35.3. The van der Waals surface area contributed by atoms with E-state index in [4.69, 9.17) is 4.74 Å². The van der Waals surface area contributed by atoms with Crippen molar-refractivity contribution >= 4 is 15.9 Å². The van der Waals surface area contributed by atoms with Crippen LogP contribution in [0.5, 0.6) is 11.5 Å². The molecule has 0 aliphatic carbocycles. The Hall–Kier alpha value is -4.02. The molecule has 0 bridgehead atoms. The van der Waals surface area contributed by atoms with Crippen LogP contribution in [0.4, 0.5) is 0 Å². The summed E-state index contributed by atoms with van der Waals surface area (Å²) in [5.41, 5.74) is 2.19. The average molecular weight is 560 g/mol. The zero-order valence-electron chi connectivity index (χ0n) is 22.9. The highest BCUT2D eigenvalue weighted by Gasteiger charge is 2.31. The van der Waals surface area contributed by atoms with Crippen LogP contribution in [0.1, 0.15) is 42.4 Å². The Morgan fingerprint density at radius 2 is 1.55 bits per heavy atom. The first-order valence-electron chi connectivity index (χ1n) is 13.2. The second kappa shape index (κ2) is 11.2. The van der Waals surface area contributed by atoms with Gasteiger partial charge in [0.1, 0.15) is 11.5 Å². The van der Waals surface area contributed by atoms with Crippen LogP contribution in [0, 0.1) is 0 Å². The maximum atomic E-state index is 13.2. The SMILES string of the molecule is CC(C)(C)c1ccc(S(=O)(=O)N2CCN(C(=O)c3cn(Cc4cccc(Oc5ccccc5)c4)nn3)CC2)cc1. The standard InChI is InChI=1S/C30H33N5O4S/c1-30(2,3)24-12-14-27(15-13-24)40(37,38)35-18-16-33(17-19-35)29(36)28-22-34(32-31-28)21-23-8-7-11-26(20-23)39-25-9-5-4-6-10-25/h4-15,20,22H,16-19,21H2,1-3H3. The van der Waals surface area contributed by atoms with Crippen molar-refractivity contribution in [2.75, 3.05) is 26.2 Å². The number of hydrogen-bond donors (Lipinski definition) is 0. The van der Waals surface area contributed by atoms with Gasteiger partial charge in [0.15, 0.2) is 5.69 Å². The highest BCUT2D eigenvalue weighted by Crippen LogP contribution is 2.26. The zero-order chi connectivity index (χ0) is 28.3. The van der Waals surface area contributed by atoms with E-state index in [-0.39, 0.29) is 48.1 Å². The largest absolute Gasteiger partial charge is 0.457 e. The first-order chi connectivity index (χ1) is 19.1. The number of sulfonamides is 1. The molecule has 4 aromatic rings. The molecule has 1 fully saturated rings. The molecule has 0 radical (unpaired) electrons. The molecule has 10 heteroatoms. The van der Waals surface area contributed by atoms with Crippen molar-refractivity contribution in [2.24, 2.45) is 0 Å². The molecular weight excluding hydrogens is 526 g/mol. The second-order valence-corrected chi connectivity index (χ2v) is 12.8. The van der Waals surface area contributed by atoms with Gasteiger partial charge >= 0.3 is 0 Å². The molecule has 9 nitrogen and oxygen atoms in total. The smallest absolute Gasteiger partial charge is 0.276 e. The lowest BCUT2D eigenvalue weighted by Crippen LogP contribution is -2.50. The fraction of sp³-hybridized carbons (Fsp3) is 0.300. The third-order valence-electron chi connectivity index (χ3n) is 6.86. The van der Waals surface area contributed by atoms with E-state index in [0.29, 0.717) is 12.3 Å². The number of nitrogens with zero attached hydrogens (tertiary/aromatic N) is 5. The Bertz CT molecular complexity index is 1570. The molecule has 1 amide bonds. The van der Waals surface area contributed by atoms with E-state index in [1.54, 1.807) is 27.9 Å².